The standard InChI is InChI=1S/C14H24N2OS/c1-8(2)14(3)12(17)16-13(18-14)15-11-7-9-4-5-10(11)6-9/h8-11,13,15H,4-7H2,1-3H3,(H,16,17). The Hall–Kier alpha value is -0.220. The fourth-order valence-electron chi connectivity index (χ4n) is 3.71. The predicted octanol–water partition coefficient (Wildman–Crippen LogP) is 2.33. The monoisotopic (exact) mass is 268 g/mol. The number of carbonyl (C=O) groups excluding carboxylic acids is 1. The smallest absolute Gasteiger partial charge is 0.238 e. The molecular weight excluding hydrogens is 244 g/mol. The van der Waals surface area contributed by atoms with Crippen molar-refractivity contribution < 1.29 is 4.79 Å². The molecule has 3 nitrogen and oxygen atoms in total. The van der Waals surface area contributed by atoms with Crippen LogP contribution in [0.15, 0.2) is 0 Å². The lowest BCUT2D eigenvalue weighted by molar-refractivity contribution is -0.123. The highest BCUT2D eigenvalue weighted by Crippen LogP contribution is 2.46. The fraction of sp³-hybridized carbons (Fsp3) is 0.929. The van der Waals surface area contributed by atoms with Gasteiger partial charge in [0.2, 0.25) is 5.91 Å². The largest absolute Gasteiger partial charge is 0.331 e. The van der Waals surface area contributed by atoms with Crippen molar-refractivity contribution in [3.63, 3.8) is 0 Å². The van der Waals surface area contributed by atoms with Gasteiger partial charge < -0.3 is 5.32 Å². The molecule has 18 heavy (non-hydrogen) atoms. The van der Waals surface area contributed by atoms with E-state index >= 15 is 0 Å². The first kappa shape index (κ1) is 12.8. The molecule has 2 aliphatic carbocycles. The molecule has 3 fully saturated rings. The van der Waals surface area contributed by atoms with Gasteiger partial charge in [0.05, 0.1) is 4.75 Å². The van der Waals surface area contributed by atoms with Crippen molar-refractivity contribution in [2.24, 2.45) is 17.8 Å². The van der Waals surface area contributed by atoms with Gasteiger partial charge in [-0.3, -0.25) is 10.1 Å². The lowest BCUT2D eigenvalue weighted by Gasteiger charge is -2.28. The second-order valence-corrected chi connectivity index (χ2v) is 8.24. The Morgan fingerprint density at radius 1 is 1.39 bits per heavy atom. The quantitative estimate of drug-likeness (QED) is 0.825. The van der Waals surface area contributed by atoms with Crippen molar-refractivity contribution in [1.29, 1.82) is 0 Å². The lowest BCUT2D eigenvalue weighted by Crippen LogP contribution is -2.46. The zero-order valence-corrected chi connectivity index (χ0v) is 12.3. The Morgan fingerprint density at radius 3 is 2.67 bits per heavy atom. The van der Waals surface area contributed by atoms with Crippen molar-refractivity contribution in [2.45, 2.75) is 62.7 Å². The predicted molar refractivity (Wildman–Crippen MR) is 75.1 cm³/mol. The van der Waals surface area contributed by atoms with Crippen LogP contribution in [0.4, 0.5) is 0 Å². The SMILES string of the molecule is CC(C)C1(C)SC(NC2CC3CCC2C3)NC1=O. The minimum absolute atomic E-state index is 0.120. The summed E-state index contributed by atoms with van der Waals surface area (Å²) in [6, 6.07) is 0.635. The van der Waals surface area contributed by atoms with Crippen LogP contribution in [0.3, 0.4) is 0 Å². The summed E-state index contributed by atoms with van der Waals surface area (Å²) in [4.78, 5) is 12.1. The molecule has 5 atom stereocenters. The Balaban J connectivity index is 1.61. The first-order valence-electron chi connectivity index (χ1n) is 7.24. The summed E-state index contributed by atoms with van der Waals surface area (Å²) in [7, 11) is 0. The first-order valence-corrected chi connectivity index (χ1v) is 8.12. The van der Waals surface area contributed by atoms with Crippen molar-refractivity contribution in [3.8, 4) is 0 Å². The van der Waals surface area contributed by atoms with Crippen LogP contribution < -0.4 is 10.6 Å². The minimum Gasteiger partial charge on any atom is -0.331 e. The maximum atomic E-state index is 12.1. The zero-order valence-electron chi connectivity index (χ0n) is 11.5. The molecule has 3 rings (SSSR count). The maximum absolute atomic E-state index is 12.1. The average Bonchev–Trinajstić information content (AvgIpc) is 2.95. The van der Waals surface area contributed by atoms with E-state index < -0.39 is 0 Å². The van der Waals surface area contributed by atoms with Crippen LogP contribution in [0, 0.1) is 17.8 Å². The number of nitrogens with one attached hydrogen (secondary N) is 2. The molecular formula is C14H24N2OS. The van der Waals surface area contributed by atoms with E-state index in [0.717, 1.165) is 11.8 Å². The summed E-state index contributed by atoms with van der Waals surface area (Å²) in [6.07, 6.45) is 5.53. The van der Waals surface area contributed by atoms with E-state index in [4.69, 9.17) is 0 Å². The molecule has 0 aromatic rings. The number of carbonyl (C=O) groups is 1. The summed E-state index contributed by atoms with van der Waals surface area (Å²) in [5.74, 6) is 2.38. The first-order chi connectivity index (χ1) is 8.49. The third kappa shape index (κ3) is 1.97. The molecule has 4 heteroatoms. The molecule has 102 valence electrons. The molecule has 1 aliphatic heterocycles. The summed E-state index contributed by atoms with van der Waals surface area (Å²) in [5, 5.41) is 6.81. The molecule has 0 aromatic carbocycles. The minimum atomic E-state index is -0.269. The molecule has 2 saturated carbocycles. The Morgan fingerprint density at radius 2 is 2.17 bits per heavy atom. The topological polar surface area (TPSA) is 41.1 Å². The molecule has 1 saturated heterocycles. The number of hydrogen-bond donors (Lipinski definition) is 2. The van der Waals surface area contributed by atoms with Crippen molar-refractivity contribution in [2.75, 3.05) is 0 Å². The zero-order chi connectivity index (χ0) is 12.9. The van der Waals surface area contributed by atoms with E-state index in [9.17, 15) is 4.79 Å². The molecule has 0 aromatic heterocycles. The Labute approximate surface area is 114 Å². The van der Waals surface area contributed by atoms with Crippen molar-refractivity contribution >= 4 is 17.7 Å². The van der Waals surface area contributed by atoms with Gasteiger partial charge >= 0.3 is 0 Å². The average molecular weight is 268 g/mol. The van der Waals surface area contributed by atoms with E-state index in [1.54, 1.807) is 11.8 Å². The number of rotatable bonds is 3. The molecule has 0 spiro atoms. The van der Waals surface area contributed by atoms with Crippen LogP contribution in [-0.2, 0) is 4.79 Å². The molecule has 1 amide bonds. The molecule has 1 heterocycles. The second kappa shape index (κ2) is 4.41. The van der Waals surface area contributed by atoms with Gasteiger partial charge in [0.1, 0.15) is 5.50 Å². The number of thioether (sulfide) groups is 1. The Bertz CT molecular complexity index is 360. The van der Waals surface area contributed by atoms with Gasteiger partial charge in [-0.25, -0.2) is 0 Å². The van der Waals surface area contributed by atoms with Crippen LogP contribution in [-0.4, -0.2) is 22.2 Å². The third-order valence-electron chi connectivity index (χ3n) is 5.28. The van der Waals surface area contributed by atoms with Crippen LogP contribution in [0.1, 0.15) is 46.5 Å². The van der Waals surface area contributed by atoms with Gasteiger partial charge in [-0.1, -0.05) is 20.3 Å². The van der Waals surface area contributed by atoms with Gasteiger partial charge in [-0.15, -0.1) is 11.8 Å². The molecule has 3 aliphatic rings. The number of hydrogen-bond acceptors (Lipinski definition) is 3. The van der Waals surface area contributed by atoms with Gasteiger partial charge in [0.15, 0.2) is 0 Å². The highest BCUT2D eigenvalue weighted by atomic mass is 32.2. The summed E-state index contributed by atoms with van der Waals surface area (Å²) in [6.45, 7) is 6.33. The highest BCUT2D eigenvalue weighted by molar-refractivity contribution is 8.02. The van der Waals surface area contributed by atoms with E-state index in [0.29, 0.717) is 12.0 Å². The molecule has 2 N–H and O–H groups in total. The highest BCUT2D eigenvalue weighted by Gasteiger charge is 2.48. The number of amides is 1. The van der Waals surface area contributed by atoms with Gasteiger partial charge in [0.25, 0.3) is 0 Å². The van der Waals surface area contributed by atoms with Gasteiger partial charge in [0, 0.05) is 6.04 Å². The fourth-order valence-corrected chi connectivity index (χ4v) is 5.04. The third-order valence-corrected chi connectivity index (χ3v) is 6.92. The summed E-state index contributed by atoms with van der Waals surface area (Å²) in [5.41, 5.74) is 0.120. The molecule has 5 unspecified atom stereocenters. The van der Waals surface area contributed by atoms with E-state index in [1.165, 1.54) is 25.7 Å². The second-order valence-electron chi connectivity index (χ2n) is 6.68. The number of fused-ring (bicyclic) bond motifs is 2. The lowest BCUT2D eigenvalue weighted by atomic mass is 9.95. The summed E-state index contributed by atoms with van der Waals surface area (Å²) < 4.78 is -0.269. The van der Waals surface area contributed by atoms with Gasteiger partial charge in [-0.2, -0.15) is 0 Å². The van der Waals surface area contributed by atoms with E-state index in [1.807, 2.05) is 0 Å². The van der Waals surface area contributed by atoms with Crippen LogP contribution in [0.25, 0.3) is 0 Å². The van der Waals surface area contributed by atoms with Gasteiger partial charge in [-0.05, 0) is 43.9 Å². The maximum Gasteiger partial charge on any atom is 0.238 e. The van der Waals surface area contributed by atoms with E-state index in [2.05, 4.69) is 31.4 Å². The molecule has 2 bridgehead atoms. The Kier molecular flexibility index (Phi) is 3.14. The van der Waals surface area contributed by atoms with Crippen LogP contribution in [0.2, 0.25) is 0 Å². The van der Waals surface area contributed by atoms with Crippen LogP contribution >= 0.6 is 11.8 Å². The summed E-state index contributed by atoms with van der Waals surface area (Å²) >= 11 is 1.77. The van der Waals surface area contributed by atoms with Crippen molar-refractivity contribution in [1.82, 2.24) is 10.6 Å². The van der Waals surface area contributed by atoms with E-state index in [-0.39, 0.29) is 16.2 Å². The normalized spacial score (nSPS) is 47.0. The molecule has 0 radical (unpaired) electrons. The van der Waals surface area contributed by atoms with Crippen molar-refractivity contribution in [3.05, 3.63) is 0 Å². The van der Waals surface area contributed by atoms with Crippen LogP contribution in [0.5, 0.6) is 0 Å².